The standard InChI is InChI=1S/C25H28N2O4/c1-17(2)21(27-23(29)19-10-6-7-11-20(19)24(27)30)22(28)26-16-25(12-14-31-15-13-25)18-8-4-3-5-9-18/h3-11,17,21H,12-16H2,1-2H3,(H,26,28). The molecular weight excluding hydrogens is 392 g/mol. The molecule has 2 heterocycles. The number of ether oxygens (including phenoxy) is 1. The lowest BCUT2D eigenvalue weighted by Gasteiger charge is -2.39. The molecule has 1 unspecified atom stereocenters. The van der Waals surface area contributed by atoms with E-state index in [9.17, 15) is 14.4 Å². The van der Waals surface area contributed by atoms with E-state index in [1.807, 2.05) is 32.0 Å². The van der Waals surface area contributed by atoms with Gasteiger partial charge >= 0.3 is 0 Å². The van der Waals surface area contributed by atoms with Crippen molar-refractivity contribution >= 4 is 17.7 Å². The third-order valence-electron chi connectivity index (χ3n) is 6.44. The minimum Gasteiger partial charge on any atom is -0.381 e. The Balaban J connectivity index is 1.56. The minimum atomic E-state index is -0.861. The summed E-state index contributed by atoms with van der Waals surface area (Å²) >= 11 is 0. The van der Waals surface area contributed by atoms with Gasteiger partial charge in [-0.15, -0.1) is 0 Å². The Bertz CT molecular complexity index is 945. The Kier molecular flexibility index (Phi) is 5.92. The number of rotatable bonds is 6. The van der Waals surface area contributed by atoms with Gasteiger partial charge in [0, 0.05) is 25.2 Å². The first kappa shape index (κ1) is 21.2. The number of benzene rings is 2. The molecule has 6 heteroatoms. The third-order valence-corrected chi connectivity index (χ3v) is 6.44. The molecule has 0 radical (unpaired) electrons. The van der Waals surface area contributed by atoms with Crippen LogP contribution in [0.25, 0.3) is 0 Å². The Hall–Kier alpha value is -2.99. The summed E-state index contributed by atoms with van der Waals surface area (Å²) in [7, 11) is 0. The molecule has 0 spiro atoms. The van der Waals surface area contributed by atoms with E-state index in [0.717, 1.165) is 17.7 Å². The van der Waals surface area contributed by atoms with Crippen molar-refractivity contribution in [2.75, 3.05) is 19.8 Å². The molecule has 1 atom stereocenters. The molecule has 0 bridgehead atoms. The van der Waals surface area contributed by atoms with Crippen LogP contribution in [0.5, 0.6) is 0 Å². The number of hydrogen-bond donors (Lipinski definition) is 1. The Labute approximate surface area is 182 Å². The lowest BCUT2D eigenvalue weighted by Crippen LogP contribution is -2.54. The van der Waals surface area contributed by atoms with E-state index in [4.69, 9.17) is 4.74 Å². The smallest absolute Gasteiger partial charge is 0.262 e. The van der Waals surface area contributed by atoms with Crippen LogP contribution in [-0.4, -0.2) is 48.4 Å². The van der Waals surface area contributed by atoms with Gasteiger partial charge < -0.3 is 10.1 Å². The second-order valence-corrected chi connectivity index (χ2v) is 8.69. The average Bonchev–Trinajstić information content (AvgIpc) is 3.04. The summed E-state index contributed by atoms with van der Waals surface area (Å²) in [4.78, 5) is 40.4. The van der Waals surface area contributed by atoms with Crippen LogP contribution in [0.1, 0.15) is 53.0 Å². The summed E-state index contributed by atoms with van der Waals surface area (Å²) in [6, 6.07) is 16.0. The van der Waals surface area contributed by atoms with Crippen LogP contribution < -0.4 is 5.32 Å². The van der Waals surface area contributed by atoms with Crippen molar-refractivity contribution in [3.8, 4) is 0 Å². The van der Waals surface area contributed by atoms with E-state index in [2.05, 4.69) is 17.4 Å². The van der Waals surface area contributed by atoms with E-state index >= 15 is 0 Å². The predicted molar refractivity (Wildman–Crippen MR) is 117 cm³/mol. The number of fused-ring (bicyclic) bond motifs is 1. The van der Waals surface area contributed by atoms with E-state index in [0.29, 0.717) is 30.9 Å². The lowest BCUT2D eigenvalue weighted by atomic mass is 9.74. The van der Waals surface area contributed by atoms with Gasteiger partial charge in [-0.2, -0.15) is 0 Å². The minimum absolute atomic E-state index is 0.218. The number of hydrogen-bond acceptors (Lipinski definition) is 4. The first-order valence-corrected chi connectivity index (χ1v) is 10.8. The summed E-state index contributed by atoms with van der Waals surface area (Å²) in [5.74, 6) is -1.33. The van der Waals surface area contributed by atoms with Crippen molar-refractivity contribution in [3.63, 3.8) is 0 Å². The van der Waals surface area contributed by atoms with Crippen molar-refractivity contribution in [1.82, 2.24) is 10.2 Å². The second kappa shape index (κ2) is 8.63. The second-order valence-electron chi connectivity index (χ2n) is 8.69. The highest BCUT2D eigenvalue weighted by molar-refractivity contribution is 6.22. The van der Waals surface area contributed by atoms with Crippen LogP contribution in [0.3, 0.4) is 0 Å². The molecule has 3 amide bonds. The Morgan fingerprint density at radius 2 is 1.52 bits per heavy atom. The summed E-state index contributed by atoms with van der Waals surface area (Å²) < 4.78 is 5.57. The summed E-state index contributed by atoms with van der Waals surface area (Å²) in [5, 5.41) is 3.08. The van der Waals surface area contributed by atoms with E-state index in [-0.39, 0.29) is 17.2 Å². The van der Waals surface area contributed by atoms with Crippen LogP contribution in [0.2, 0.25) is 0 Å². The molecule has 1 N–H and O–H groups in total. The molecule has 0 aromatic heterocycles. The maximum Gasteiger partial charge on any atom is 0.262 e. The molecule has 2 aliphatic heterocycles. The monoisotopic (exact) mass is 420 g/mol. The molecule has 2 aromatic rings. The maximum absolute atomic E-state index is 13.3. The number of amides is 3. The first-order valence-electron chi connectivity index (χ1n) is 10.8. The molecule has 2 aromatic carbocycles. The van der Waals surface area contributed by atoms with Gasteiger partial charge in [-0.05, 0) is 36.5 Å². The molecule has 0 saturated carbocycles. The zero-order valence-corrected chi connectivity index (χ0v) is 18.0. The lowest BCUT2D eigenvalue weighted by molar-refractivity contribution is -0.126. The molecule has 4 rings (SSSR count). The molecule has 1 saturated heterocycles. The van der Waals surface area contributed by atoms with Gasteiger partial charge in [0.15, 0.2) is 0 Å². The fourth-order valence-corrected chi connectivity index (χ4v) is 4.66. The zero-order valence-electron chi connectivity index (χ0n) is 18.0. The van der Waals surface area contributed by atoms with E-state index in [1.54, 1.807) is 24.3 Å². The Morgan fingerprint density at radius 3 is 2.06 bits per heavy atom. The third kappa shape index (κ3) is 3.88. The molecule has 31 heavy (non-hydrogen) atoms. The maximum atomic E-state index is 13.3. The highest BCUT2D eigenvalue weighted by Crippen LogP contribution is 2.34. The van der Waals surface area contributed by atoms with Gasteiger partial charge in [0.2, 0.25) is 5.91 Å². The first-order chi connectivity index (χ1) is 14.9. The highest BCUT2D eigenvalue weighted by atomic mass is 16.5. The van der Waals surface area contributed by atoms with Gasteiger partial charge in [-0.3, -0.25) is 19.3 Å². The molecule has 1 fully saturated rings. The molecular formula is C25H28N2O4. The van der Waals surface area contributed by atoms with Crippen LogP contribution >= 0.6 is 0 Å². The normalized spacial score (nSPS) is 18.7. The fourth-order valence-electron chi connectivity index (χ4n) is 4.66. The predicted octanol–water partition coefficient (Wildman–Crippen LogP) is 3.17. The number of carbonyl (C=O) groups is 3. The molecule has 0 aliphatic carbocycles. The largest absolute Gasteiger partial charge is 0.381 e. The SMILES string of the molecule is CC(C)C(C(=O)NCC1(c2ccccc2)CCOCC1)N1C(=O)c2ccccc2C1=O. The molecule has 162 valence electrons. The van der Waals surface area contributed by atoms with Crippen molar-refractivity contribution in [2.45, 2.75) is 38.1 Å². The summed E-state index contributed by atoms with van der Waals surface area (Å²) in [5.41, 5.74) is 1.66. The van der Waals surface area contributed by atoms with Crippen LogP contribution in [-0.2, 0) is 14.9 Å². The summed E-state index contributed by atoms with van der Waals surface area (Å²) in [6.07, 6.45) is 1.60. The summed E-state index contributed by atoms with van der Waals surface area (Å²) in [6.45, 7) is 5.42. The van der Waals surface area contributed by atoms with Crippen molar-refractivity contribution in [3.05, 3.63) is 71.3 Å². The topological polar surface area (TPSA) is 75.7 Å². The van der Waals surface area contributed by atoms with Crippen molar-refractivity contribution in [1.29, 1.82) is 0 Å². The fraction of sp³-hybridized carbons (Fsp3) is 0.400. The number of carbonyl (C=O) groups excluding carboxylic acids is 3. The molecule has 2 aliphatic rings. The number of nitrogens with zero attached hydrogens (tertiary/aromatic N) is 1. The van der Waals surface area contributed by atoms with Gasteiger partial charge in [-0.25, -0.2) is 0 Å². The zero-order chi connectivity index (χ0) is 22.0. The van der Waals surface area contributed by atoms with Crippen LogP contribution in [0, 0.1) is 5.92 Å². The number of imide groups is 1. The number of nitrogens with one attached hydrogen (secondary N) is 1. The highest BCUT2D eigenvalue weighted by Gasteiger charge is 2.44. The quantitative estimate of drug-likeness (QED) is 0.729. The van der Waals surface area contributed by atoms with Crippen molar-refractivity contribution in [2.24, 2.45) is 5.92 Å². The van der Waals surface area contributed by atoms with Crippen molar-refractivity contribution < 1.29 is 19.1 Å². The average molecular weight is 421 g/mol. The van der Waals surface area contributed by atoms with Crippen LogP contribution in [0.4, 0.5) is 0 Å². The Morgan fingerprint density at radius 1 is 0.968 bits per heavy atom. The molecule has 6 nitrogen and oxygen atoms in total. The van der Waals surface area contributed by atoms with Gasteiger partial charge in [0.05, 0.1) is 11.1 Å². The van der Waals surface area contributed by atoms with E-state index in [1.165, 1.54) is 5.56 Å². The van der Waals surface area contributed by atoms with Gasteiger partial charge in [0.25, 0.3) is 11.8 Å². The van der Waals surface area contributed by atoms with E-state index < -0.39 is 17.9 Å². The van der Waals surface area contributed by atoms with Gasteiger partial charge in [0.1, 0.15) is 6.04 Å². The van der Waals surface area contributed by atoms with Crippen LogP contribution in [0.15, 0.2) is 54.6 Å². The van der Waals surface area contributed by atoms with Gasteiger partial charge in [-0.1, -0.05) is 56.3 Å².